The number of benzene rings is 1. The van der Waals surface area contributed by atoms with Gasteiger partial charge in [-0.3, -0.25) is 4.79 Å². The van der Waals surface area contributed by atoms with Crippen molar-refractivity contribution in [3.8, 4) is 0 Å². The summed E-state index contributed by atoms with van der Waals surface area (Å²) in [5.74, 6) is 0.494. The van der Waals surface area contributed by atoms with Crippen molar-refractivity contribution in [1.82, 2.24) is 0 Å². The maximum Gasteiger partial charge on any atom is 0.248 e. The summed E-state index contributed by atoms with van der Waals surface area (Å²) in [6.07, 6.45) is 3.41. The highest BCUT2D eigenvalue weighted by atomic mass is 16.3. The van der Waals surface area contributed by atoms with Crippen LogP contribution in [0.4, 0.5) is 11.4 Å². The lowest BCUT2D eigenvalue weighted by Crippen LogP contribution is -2.18. The minimum Gasteiger partial charge on any atom is -0.469 e. The maximum atomic E-state index is 11.2. The molecule has 2 aromatic rings. The van der Waals surface area contributed by atoms with E-state index in [4.69, 9.17) is 15.9 Å². The van der Waals surface area contributed by atoms with Crippen LogP contribution < -0.4 is 16.8 Å². The van der Waals surface area contributed by atoms with Gasteiger partial charge in [0.2, 0.25) is 5.91 Å². The molecule has 0 fully saturated rings. The van der Waals surface area contributed by atoms with Crippen molar-refractivity contribution < 1.29 is 9.21 Å². The zero-order chi connectivity index (χ0) is 14.5. The number of hydrogen-bond donors (Lipinski definition) is 3. The lowest BCUT2D eigenvalue weighted by atomic mass is 10.1. The van der Waals surface area contributed by atoms with Crippen LogP contribution >= 0.6 is 0 Å². The molecule has 0 radical (unpaired) electrons. The monoisotopic (exact) mass is 273 g/mol. The quantitative estimate of drug-likeness (QED) is 0.704. The Bertz CT molecular complexity index is 579. The SMILES string of the molecule is CC(CCc1ccco1)Nc1cc(C(N)=O)ccc1N. The predicted octanol–water partition coefficient (Wildman–Crippen LogP) is 2.39. The van der Waals surface area contributed by atoms with Gasteiger partial charge in [-0.2, -0.15) is 0 Å². The van der Waals surface area contributed by atoms with Crippen molar-refractivity contribution in [3.63, 3.8) is 0 Å². The third kappa shape index (κ3) is 3.54. The van der Waals surface area contributed by atoms with Gasteiger partial charge in [-0.05, 0) is 43.7 Å². The fourth-order valence-corrected chi connectivity index (χ4v) is 1.99. The molecule has 0 aliphatic heterocycles. The first-order valence-electron chi connectivity index (χ1n) is 6.54. The van der Waals surface area contributed by atoms with Gasteiger partial charge in [-0.1, -0.05) is 0 Å². The van der Waals surface area contributed by atoms with Crippen molar-refractivity contribution in [2.45, 2.75) is 25.8 Å². The fraction of sp³-hybridized carbons (Fsp3) is 0.267. The Morgan fingerprint density at radius 3 is 2.85 bits per heavy atom. The van der Waals surface area contributed by atoms with E-state index in [2.05, 4.69) is 12.2 Å². The Morgan fingerprint density at radius 1 is 1.40 bits per heavy atom. The summed E-state index contributed by atoms with van der Waals surface area (Å²) in [6.45, 7) is 2.05. The van der Waals surface area contributed by atoms with Crippen LogP contribution in [0.3, 0.4) is 0 Å². The summed E-state index contributed by atoms with van der Waals surface area (Å²) in [5, 5.41) is 3.29. The summed E-state index contributed by atoms with van der Waals surface area (Å²) in [5.41, 5.74) is 12.9. The molecule has 1 atom stereocenters. The number of rotatable bonds is 6. The molecule has 0 spiro atoms. The molecule has 0 saturated heterocycles. The van der Waals surface area contributed by atoms with Crippen molar-refractivity contribution in [2.75, 3.05) is 11.1 Å². The third-order valence-corrected chi connectivity index (χ3v) is 3.14. The average molecular weight is 273 g/mol. The van der Waals surface area contributed by atoms with E-state index in [9.17, 15) is 4.79 Å². The topological polar surface area (TPSA) is 94.3 Å². The predicted molar refractivity (Wildman–Crippen MR) is 79.5 cm³/mol. The molecule has 1 unspecified atom stereocenters. The zero-order valence-electron chi connectivity index (χ0n) is 11.4. The molecule has 1 heterocycles. The Balaban J connectivity index is 1.98. The summed E-state index contributed by atoms with van der Waals surface area (Å²) in [6, 6.07) is 9.01. The molecule has 5 heteroatoms. The number of primary amides is 1. The number of amides is 1. The van der Waals surface area contributed by atoms with E-state index in [0.29, 0.717) is 11.3 Å². The number of furan rings is 1. The molecule has 0 bridgehead atoms. The molecule has 2 rings (SSSR count). The Kier molecular flexibility index (Phi) is 4.30. The highest BCUT2D eigenvalue weighted by Gasteiger charge is 2.09. The maximum absolute atomic E-state index is 11.2. The largest absolute Gasteiger partial charge is 0.469 e. The average Bonchev–Trinajstić information content (AvgIpc) is 2.92. The molecule has 5 nitrogen and oxygen atoms in total. The fourth-order valence-electron chi connectivity index (χ4n) is 1.99. The molecule has 1 amide bonds. The van der Waals surface area contributed by atoms with Crippen LogP contribution in [0.1, 0.15) is 29.5 Å². The number of nitrogens with one attached hydrogen (secondary N) is 1. The van der Waals surface area contributed by atoms with Crippen LogP contribution in [0.2, 0.25) is 0 Å². The number of nitrogen functional groups attached to an aromatic ring is 1. The first-order valence-corrected chi connectivity index (χ1v) is 6.54. The molecular weight excluding hydrogens is 254 g/mol. The molecule has 5 N–H and O–H groups in total. The van der Waals surface area contributed by atoms with Crippen LogP contribution in [0, 0.1) is 0 Å². The zero-order valence-corrected chi connectivity index (χ0v) is 11.4. The van der Waals surface area contributed by atoms with Crippen LogP contribution in [-0.2, 0) is 6.42 Å². The van der Waals surface area contributed by atoms with Gasteiger partial charge in [0.05, 0.1) is 17.6 Å². The summed E-state index contributed by atoms with van der Waals surface area (Å²) < 4.78 is 5.29. The molecule has 0 aliphatic rings. The molecule has 106 valence electrons. The van der Waals surface area contributed by atoms with Crippen LogP contribution in [0.25, 0.3) is 0 Å². The molecule has 20 heavy (non-hydrogen) atoms. The standard InChI is InChI=1S/C15H19N3O2/c1-10(4-6-12-3-2-8-20-12)18-14-9-11(15(17)19)5-7-13(14)16/h2-3,5,7-10,18H,4,6,16H2,1H3,(H2,17,19). The van der Waals surface area contributed by atoms with Gasteiger partial charge in [-0.15, -0.1) is 0 Å². The highest BCUT2D eigenvalue weighted by molar-refractivity contribution is 5.94. The lowest BCUT2D eigenvalue weighted by molar-refractivity contribution is 0.100. The van der Waals surface area contributed by atoms with Gasteiger partial charge in [0.1, 0.15) is 5.76 Å². The Labute approximate surface area is 117 Å². The van der Waals surface area contributed by atoms with E-state index in [1.54, 1.807) is 24.5 Å². The molecule has 0 aliphatic carbocycles. The minimum absolute atomic E-state index is 0.200. The van der Waals surface area contributed by atoms with Crippen molar-refractivity contribution in [3.05, 3.63) is 47.9 Å². The first-order chi connectivity index (χ1) is 9.56. The van der Waals surface area contributed by atoms with Crippen LogP contribution in [0.5, 0.6) is 0 Å². The summed E-state index contributed by atoms with van der Waals surface area (Å²) >= 11 is 0. The van der Waals surface area contributed by atoms with Crippen molar-refractivity contribution >= 4 is 17.3 Å². The second kappa shape index (κ2) is 6.14. The van der Waals surface area contributed by atoms with Gasteiger partial charge in [0.25, 0.3) is 0 Å². The number of nitrogens with two attached hydrogens (primary N) is 2. The van der Waals surface area contributed by atoms with Crippen LogP contribution in [-0.4, -0.2) is 11.9 Å². The highest BCUT2D eigenvalue weighted by Crippen LogP contribution is 2.21. The first kappa shape index (κ1) is 14.0. The summed E-state index contributed by atoms with van der Waals surface area (Å²) in [4.78, 5) is 11.2. The van der Waals surface area contributed by atoms with Crippen molar-refractivity contribution in [1.29, 1.82) is 0 Å². The van der Waals surface area contributed by atoms with E-state index in [0.717, 1.165) is 24.3 Å². The Morgan fingerprint density at radius 2 is 2.20 bits per heavy atom. The normalized spacial score (nSPS) is 12.1. The third-order valence-electron chi connectivity index (χ3n) is 3.14. The number of anilines is 2. The Hall–Kier alpha value is -2.43. The second-order valence-electron chi connectivity index (χ2n) is 4.83. The lowest BCUT2D eigenvalue weighted by Gasteiger charge is -2.17. The van der Waals surface area contributed by atoms with E-state index in [-0.39, 0.29) is 6.04 Å². The molecule has 1 aromatic carbocycles. The minimum atomic E-state index is -0.462. The van der Waals surface area contributed by atoms with Gasteiger partial charge in [0.15, 0.2) is 0 Å². The van der Waals surface area contributed by atoms with E-state index in [1.165, 1.54) is 0 Å². The van der Waals surface area contributed by atoms with E-state index >= 15 is 0 Å². The molecular formula is C15H19N3O2. The van der Waals surface area contributed by atoms with E-state index in [1.807, 2.05) is 12.1 Å². The van der Waals surface area contributed by atoms with Crippen LogP contribution in [0.15, 0.2) is 41.0 Å². The molecule has 1 aromatic heterocycles. The smallest absolute Gasteiger partial charge is 0.248 e. The molecule has 0 saturated carbocycles. The number of carbonyl (C=O) groups excluding carboxylic acids is 1. The number of carbonyl (C=O) groups is 1. The van der Waals surface area contributed by atoms with Gasteiger partial charge < -0.3 is 21.2 Å². The van der Waals surface area contributed by atoms with Gasteiger partial charge in [-0.25, -0.2) is 0 Å². The summed E-state index contributed by atoms with van der Waals surface area (Å²) in [7, 11) is 0. The number of aryl methyl sites for hydroxylation is 1. The van der Waals surface area contributed by atoms with E-state index < -0.39 is 5.91 Å². The van der Waals surface area contributed by atoms with Crippen molar-refractivity contribution in [2.24, 2.45) is 5.73 Å². The second-order valence-corrected chi connectivity index (χ2v) is 4.83. The van der Waals surface area contributed by atoms with Gasteiger partial charge in [0, 0.05) is 18.0 Å². The van der Waals surface area contributed by atoms with Gasteiger partial charge >= 0.3 is 0 Å². The number of hydrogen-bond acceptors (Lipinski definition) is 4.